The first-order valence-corrected chi connectivity index (χ1v) is 7.50. The van der Waals surface area contributed by atoms with E-state index >= 15 is 0 Å². The molecular weight excluding hydrogens is 284 g/mol. The lowest BCUT2D eigenvalue weighted by Crippen LogP contribution is -2.15. The summed E-state index contributed by atoms with van der Waals surface area (Å²) in [4.78, 5) is 16.6. The third-order valence-corrected chi connectivity index (χ3v) is 4.49. The predicted molar refractivity (Wildman–Crippen MR) is 84.6 cm³/mol. The zero-order chi connectivity index (χ0) is 15.0. The van der Waals surface area contributed by atoms with Gasteiger partial charge >= 0.3 is 0 Å². The van der Waals surface area contributed by atoms with E-state index in [-0.39, 0.29) is 5.91 Å². The molecule has 0 unspecified atom stereocenters. The van der Waals surface area contributed by atoms with Gasteiger partial charge in [-0.2, -0.15) is 5.10 Å². The Bertz CT molecular complexity index is 785. The summed E-state index contributed by atoms with van der Waals surface area (Å²) in [5.41, 5.74) is 3.81. The van der Waals surface area contributed by atoms with Crippen LogP contribution in [-0.2, 0) is 18.3 Å². The van der Waals surface area contributed by atoms with E-state index in [2.05, 4.69) is 15.4 Å². The Balaban J connectivity index is 1.77. The topological polar surface area (TPSA) is 59.8 Å². The zero-order valence-electron chi connectivity index (χ0n) is 12.2. The molecule has 3 aromatic rings. The number of anilines is 1. The van der Waals surface area contributed by atoms with Gasteiger partial charge in [-0.25, -0.2) is 4.98 Å². The first-order chi connectivity index (χ1) is 10.0. The summed E-state index contributed by atoms with van der Waals surface area (Å²) in [6.07, 6.45) is 0.321. The highest BCUT2D eigenvalue weighted by Crippen LogP contribution is 2.25. The van der Waals surface area contributed by atoms with E-state index in [0.717, 1.165) is 27.2 Å². The van der Waals surface area contributed by atoms with Crippen LogP contribution in [0.15, 0.2) is 24.3 Å². The van der Waals surface area contributed by atoms with Crippen LogP contribution in [0.2, 0.25) is 0 Å². The molecule has 1 amide bonds. The Hall–Kier alpha value is -2.21. The summed E-state index contributed by atoms with van der Waals surface area (Å²) in [6, 6.07) is 7.85. The van der Waals surface area contributed by atoms with Crippen molar-refractivity contribution >= 4 is 32.6 Å². The van der Waals surface area contributed by atoms with E-state index in [1.165, 1.54) is 11.3 Å². The van der Waals surface area contributed by atoms with Gasteiger partial charge in [-0.1, -0.05) is 23.5 Å². The van der Waals surface area contributed by atoms with E-state index in [1.54, 1.807) is 4.68 Å². The minimum Gasteiger partial charge on any atom is -0.302 e. The van der Waals surface area contributed by atoms with Gasteiger partial charge < -0.3 is 5.32 Å². The van der Waals surface area contributed by atoms with Gasteiger partial charge in [0, 0.05) is 18.3 Å². The number of para-hydroxylation sites is 1. The lowest BCUT2D eigenvalue weighted by Gasteiger charge is -2.02. The van der Waals surface area contributed by atoms with Gasteiger partial charge in [-0.15, -0.1) is 0 Å². The number of aryl methyl sites for hydroxylation is 2. The van der Waals surface area contributed by atoms with Crippen molar-refractivity contribution in [3.63, 3.8) is 0 Å². The largest absolute Gasteiger partial charge is 0.302 e. The second-order valence-electron chi connectivity index (χ2n) is 4.98. The normalized spacial score (nSPS) is 11.0. The predicted octanol–water partition coefficient (Wildman–Crippen LogP) is 2.83. The minimum absolute atomic E-state index is 0.0618. The summed E-state index contributed by atoms with van der Waals surface area (Å²) in [6.45, 7) is 3.90. The van der Waals surface area contributed by atoms with Crippen molar-refractivity contribution in [2.75, 3.05) is 5.32 Å². The van der Waals surface area contributed by atoms with Crippen LogP contribution >= 0.6 is 11.3 Å². The first-order valence-electron chi connectivity index (χ1n) is 6.69. The fourth-order valence-electron chi connectivity index (χ4n) is 2.32. The van der Waals surface area contributed by atoms with Crippen molar-refractivity contribution in [3.05, 3.63) is 41.2 Å². The molecule has 0 bridgehead atoms. The number of nitrogens with one attached hydrogen (secondary N) is 1. The van der Waals surface area contributed by atoms with E-state index in [9.17, 15) is 4.79 Å². The van der Waals surface area contributed by atoms with Gasteiger partial charge in [0.2, 0.25) is 5.91 Å². The molecule has 2 heterocycles. The Morgan fingerprint density at radius 3 is 2.76 bits per heavy atom. The maximum absolute atomic E-state index is 12.2. The molecular formula is C15H16N4OS. The molecule has 1 aromatic carbocycles. The smallest absolute Gasteiger partial charge is 0.230 e. The van der Waals surface area contributed by atoms with Crippen LogP contribution in [0.5, 0.6) is 0 Å². The first kappa shape index (κ1) is 13.8. The molecule has 2 aromatic heterocycles. The van der Waals surface area contributed by atoms with Gasteiger partial charge in [-0.05, 0) is 26.0 Å². The standard InChI is InChI=1S/C15H16N4OS/c1-9-11(10(2)19(3)18-9)8-14(20)17-15-16-12-6-4-5-7-13(12)21-15/h4-7H,8H2,1-3H3,(H,16,17,20). The van der Waals surface area contributed by atoms with E-state index < -0.39 is 0 Å². The summed E-state index contributed by atoms with van der Waals surface area (Å²) in [5, 5.41) is 7.84. The number of fused-ring (bicyclic) bond motifs is 1. The number of carbonyl (C=O) groups is 1. The summed E-state index contributed by atoms with van der Waals surface area (Å²) < 4.78 is 2.87. The SMILES string of the molecule is Cc1nn(C)c(C)c1CC(=O)Nc1nc2ccccc2s1. The Kier molecular flexibility index (Phi) is 3.47. The van der Waals surface area contributed by atoms with Crippen molar-refractivity contribution < 1.29 is 4.79 Å². The molecule has 0 radical (unpaired) electrons. The summed E-state index contributed by atoms with van der Waals surface area (Å²) in [5.74, 6) is -0.0618. The number of hydrogen-bond acceptors (Lipinski definition) is 4. The maximum atomic E-state index is 12.2. The van der Waals surface area contributed by atoms with Crippen molar-refractivity contribution in [2.24, 2.45) is 7.05 Å². The minimum atomic E-state index is -0.0618. The highest BCUT2D eigenvalue weighted by molar-refractivity contribution is 7.22. The highest BCUT2D eigenvalue weighted by atomic mass is 32.1. The molecule has 21 heavy (non-hydrogen) atoms. The molecule has 0 atom stereocenters. The molecule has 0 fully saturated rings. The fraction of sp³-hybridized carbons (Fsp3) is 0.267. The maximum Gasteiger partial charge on any atom is 0.230 e. The van der Waals surface area contributed by atoms with Gasteiger partial charge in [0.25, 0.3) is 0 Å². The molecule has 1 N–H and O–H groups in total. The Morgan fingerprint density at radius 2 is 2.10 bits per heavy atom. The molecule has 3 rings (SSSR count). The Labute approximate surface area is 126 Å². The van der Waals surface area contributed by atoms with Crippen LogP contribution in [0.4, 0.5) is 5.13 Å². The van der Waals surface area contributed by atoms with Crippen molar-refractivity contribution in [2.45, 2.75) is 20.3 Å². The second-order valence-corrected chi connectivity index (χ2v) is 6.02. The summed E-state index contributed by atoms with van der Waals surface area (Å²) >= 11 is 1.49. The molecule has 0 aliphatic carbocycles. The molecule has 6 heteroatoms. The molecule has 5 nitrogen and oxygen atoms in total. The number of carbonyl (C=O) groups excluding carboxylic acids is 1. The number of benzene rings is 1. The highest BCUT2D eigenvalue weighted by Gasteiger charge is 2.14. The number of hydrogen-bond donors (Lipinski definition) is 1. The average molecular weight is 300 g/mol. The fourth-order valence-corrected chi connectivity index (χ4v) is 3.21. The molecule has 108 valence electrons. The lowest BCUT2D eigenvalue weighted by atomic mass is 10.1. The molecule has 0 aliphatic heterocycles. The number of aromatic nitrogens is 3. The second kappa shape index (κ2) is 5.29. The van der Waals surface area contributed by atoms with Crippen LogP contribution in [0, 0.1) is 13.8 Å². The van der Waals surface area contributed by atoms with Crippen LogP contribution in [0.3, 0.4) is 0 Å². The molecule has 0 saturated carbocycles. The monoisotopic (exact) mass is 300 g/mol. The number of nitrogens with zero attached hydrogens (tertiary/aromatic N) is 3. The van der Waals surface area contributed by atoms with Crippen molar-refractivity contribution in [1.82, 2.24) is 14.8 Å². The molecule has 0 aliphatic rings. The number of thiazole rings is 1. The van der Waals surface area contributed by atoms with E-state index in [0.29, 0.717) is 11.6 Å². The number of rotatable bonds is 3. The van der Waals surface area contributed by atoms with Crippen LogP contribution in [0.25, 0.3) is 10.2 Å². The van der Waals surface area contributed by atoms with Crippen molar-refractivity contribution in [1.29, 1.82) is 0 Å². The summed E-state index contributed by atoms with van der Waals surface area (Å²) in [7, 11) is 1.89. The quantitative estimate of drug-likeness (QED) is 0.809. The van der Waals surface area contributed by atoms with Gasteiger partial charge in [0.05, 0.1) is 22.3 Å². The van der Waals surface area contributed by atoms with Crippen molar-refractivity contribution in [3.8, 4) is 0 Å². The van der Waals surface area contributed by atoms with Crippen LogP contribution in [0.1, 0.15) is 17.0 Å². The third kappa shape index (κ3) is 2.67. The van der Waals surface area contributed by atoms with Crippen LogP contribution < -0.4 is 5.32 Å². The number of amides is 1. The lowest BCUT2D eigenvalue weighted by molar-refractivity contribution is -0.115. The molecule has 0 saturated heterocycles. The average Bonchev–Trinajstić information content (AvgIpc) is 2.94. The van der Waals surface area contributed by atoms with E-state index in [1.807, 2.05) is 45.2 Å². The molecule has 0 spiro atoms. The van der Waals surface area contributed by atoms with E-state index in [4.69, 9.17) is 0 Å². The third-order valence-electron chi connectivity index (χ3n) is 3.54. The van der Waals surface area contributed by atoms with Gasteiger partial charge in [0.15, 0.2) is 5.13 Å². The zero-order valence-corrected chi connectivity index (χ0v) is 13.0. The van der Waals surface area contributed by atoms with Gasteiger partial charge in [0.1, 0.15) is 0 Å². The Morgan fingerprint density at radius 1 is 1.33 bits per heavy atom. The van der Waals surface area contributed by atoms with Gasteiger partial charge in [-0.3, -0.25) is 9.48 Å². The van der Waals surface area contributed by atoms with Crippen LogP contribution in [-0.4, -0.2) is 20.7 Å².